The molecule has 0 atom stereocenters. The van der Waals surface area contributed by atoms with Crippen LogP contribution in [0.4, 0.5) is 0 Å². The molecule has 248 valence electrons. The first kappa shape index (κ1) is 35.3. The van der Waals surface area contributed by atoms with Gasteiger partial charge in [-0.1, -0.05) is 128 Å². The van der Waals surface area contributed by atoms with E-state index < -0.39 is 0 Å². The summed E-state index contributed by atoms with van der Waals surface area (Å²) in [5.74, 6) is 7.81. The van der Waals surface area contributed by atoms with Crippen molar-refractivity contribution in [2.75, 3.05) is 13.2 Å². The summed E-state index contributed by atoms with van der Waals surface area (Å²) in [7, 11) is 0. The van der Waals surface area contributed by atoms with Crippen molar-refractivity contribution >= 4 is 0 Å². The molecule has 0 bridgehead atoms. The number of unbranched alkanes of at least 4 members (excludes halogenated alkanes) is 2. The van der Waals surface area contributed by atoms with E-state index in [9.17, 15) is 0 Å². The SMILES string of the molecule is CCCC=CC1CCC(CCC2CCC(CCOCCC3CCC(CCC4CCC(C=CCCC)CC4)CC3)CC2)CC1. The van der Waals surface area contributed by atoms with Gasteiger partial charge in [-0.2, -0.15) is 0 Å². The second kappa shape index (κ2) is 21.3. The Balaban J connectivity index is 0.935. The smallest absolute Gasteiger partial charge is 0.0468 e. The predicted octanol–water partition coefficient (Wildman–Crippen LogP) is 13.3. The topological polar surface area (TPSA) is 9.23 Å². The van der Waals surface area contributed by atoms with Crippen molar-refractivity contribution in [2.45, 2.75) is 181 Å². The van der Waals surface area contributed by atoms with Crippen molar-refractivity contribution < 1.29 is 4.74 Å². The zero-order valence-electron chi connectivity index (χ0n) is 29.1. The third kappa shape index (κ3) is 14.2. The van der Waals surface area contributed by atoms with Crippen LogP contribution < -0.4 is 0 Å². The zero-order valence-corrected chi connectivity index (χ0v) is 29.1. The van der Waals surface area contributed by atoms with Crippen molar-refractivity contribution in [1.82, 2.24) is 0 Å². The highest BCUT2D eigenvalue weighted by Crippen LogP contribution is 2.39. The van der Waals surface area contributed by atoms with Gasteiger partial charge >= 0.3 is 0 Å². The number of rotatable bonds is 18. The van der Waals surface area contributed by atoms with Gasteiger partial charge in [-0.15, -0.1) is 0 Å². The third-order valence-corrected chi connectivity index (χ3v) is 12.7. The number of allylic oxidation sites excluding steroid dienone is 4. The molecule has 4 fully saturated rings. The molecule has 4 aliphatic carbocycles. The number of hydrogen-bond donors (Lipinski definition) is 0. The van der Waals surface area contributed by atoms with Crippen molar-refractivity contribution in [1.29, 1.82) is 0 Å². The Morgan fingerprint density at radius 2 is 0.674 bits per heavy atom. The van der Waals surface area contributed by atoms with E-state index in [1.54, 1.807) is 0 Å². The van der Waals surface area contributed by atoms with Crippen LogP contribution in [0.2, 0.25) is 0 Å². The minimum Gasteiger partial charge on any atom is -0.381 e. The Morgan fingerprint density at radius 3 is 0.977 bits per heavy atom. The van der Waals surface area contributed by atoms with Gasteiger partial charge in [0.1, 0.15) is 0 Å². The Morgan fingerprint density at radius 1 is 0.395 bits per heavy atom. The van der Waals surface area contributed by atoms with Gasteiger partial charge in [-0.25, -0.2) is 0 Å². The van der Waals surface area contributed by atoms with Crippen molar-refractivity contribution in [3.63, 3.8) is 0 Å². The zero-order chi connectivity index (χ0) is 30.0. The lowest BCUT2D eigenvalue weighted by Crippen LogP contribution is -2.19. The molecular weight excluding hydrogens is 520 g/mol. The lowest BCUT2D eigenvalue weighted by molar-refractivity contribution is 0.0899. The van der Waals surface area contributed by atoms with Gasteiger partial charge < -0.3 is 4.74 Å². The Kier molecular flexibility index (Phi) is 17.5. The van der Waals surface area contributed by atoms with Crippen molar-refractivity contribution in [2.24, 2.45) is 47.3 Å². The second-order valence-corrected chi connectivity index (χ2v) is 16.1. The van der Waals surface area contributed by atoms with Gasteiger partial charge in [0.2, 0.25) is 0 Å². The summed E-state index contributed by atoms with van der Waals surface area (Å²) in [5.41, 5.74) is 0. The standard InChI is InChI=1S/C42H74O/c1-3-5-7-9-35-11-15-37(16-12-35)19-21-39-23-27-41(28-24-39)31-33-43-34-32-42-29-25-40(26-30-42)22-20-38-17-13-36(14-18-38)10-8-6-4-2/h7-10,35-42H,3-6,11-34H2,1-2H3. The molecule has 0 aliphatic heterocycles. The molecule has 1 nitrogen and oxygen atoms in total. The van der Waals surface area contributed by atoms with Crippen LogP contribution in [0.3, 0.4) is 0 Å². The van der Waals surface area contributed by atoms with Gasteiger partial charge in [-0.05, 0) is 124 Å². The number of hydrogen-bond acceptors (Lipinski definition) is 1. The fourth-order valence-corrected chi connectivity index (χ4v) is 9.41. The second-order valence-electron chi connectivity index (χ2n) is 16.1. The first-order valence-corrected chi connectivity index (χ1v) is 20.1. The molecule has 1 heteroatoms. The van der Waals surface area contributed by atoms with E-state index in [1.165, 1.54) is 167 Å². The van der Waals surface area contributed by atoms with Crippen LogP contribution in [0.5, 0.6) is 0 Å². The summed E-state index contributed by atoms with van der Waals surface area (Å²) in [4.78, 5) is 0. The normalized spacial score (nSPS) is 34.3. The van der Waals surface area contributed by atoms with E-state index in [-0.39, 0.29) is 0 Å². The first-order valence-electron chi connectivity index (χ1n) is 20.1. The van der Waals surface area contributed by atoms with E-state index in [2.05, 4.69) is 38.2 Å². The van der Waals surface area contributed by atoms with Crippen molar-refractivity contribution in [3.8, 4) is 0 Å². The largest absolute Gasteiger partial charge is 0.381 e. The first-order chi connectivity index (χ1) is 21.2. The lowest BCUT2D eigenvalue weighted by atomic mass is 9.75. The van der Waals surface area contributed by atoms with Crippen LogP contribution in [-0.2, 0) is 4.74 Å². The molecule has 0 amide bonds. The fourth-order valence-electron chi connectivity index (χ4n) is 9.41. The van der Waals surface area contributed by atoms with E-state index >= 15 is 0 Å². The van der Waals surface area contributed by atoms with E-state index in [4.69, 9.17) is 4.74 Å². The maximum Gasteiger partial charge on any atom is 0.0468 e. The minimum atomic E-state index is 0.892. The molecule has 0 saturated heterocycles. The third-order valence-electron chi connectivity index (χ3n) is 12.7. The molecule has 4 saturated carbocycles. The fraction of sp³-hybridized carbons (Fsp3) is 0.905. The van der Waals surface area contributed by atoms with Crippen LogP contribution >= 0.6 is 0 Å². The van der Waals surface area contributed by atoms with Crippen LogP contribution in [0.15, 0.2) is 24.3 Å². The maximum absolute atomic E-state index is 6.22. The minimum absolute atomic E-state index is 0.892. The molecular formula is C42H74O. The summed E-state index contributed by atoms with van der Waals surface area (Å²) in [6.07, 6.45) is 47.5. The average molecular weight is 595 g/mol. The van der Waals surface area contributed by atoms with Crippen LogP contribution in [0.25, 0.3) is 0 Å². The van der Waals surface area contributed by atoms with E-state index in [0.29, 0.717) is 0 Å². The summed E-state index contributed by atoms with van der Waals surface area (Å²) in [5, 5.41) is 0. The van der Waals surface area contributed by atoms with Gasteiger partial charge in [0.25, 0.3) is 0 Å². The summed E-state index contributed by atoms with van der Waals surface area (Å²) < 4.78 is 6.22. The molecule has 43 heavy (non-hydrogen) atoms. The maximum atomic E-state index is 6.22. The Bertz CT molecular complexity index is 658. The summed E-state index contributed by atoms with van der Waals surface area (Å²) >= 11 is 0. The van der Waals surface area contributed by atoms with Crippen LogP contribution in [0, 0.1) is 47.3 Å². The quantitative estimate of drug-likeness (QED) is 0.113. The van der Waals surface area contributed by atoms with Gasteiger partial charge in [0, 0.05) is 13.2 Å². The molecule has 0 aromatic rings. The molecule has 0 aromatic carbocycles. The molecule has 4 aliphatic rings. The predicted molar refractivity (Wildman–Crippen MR) is 188 cm³/mol. The van der Waals surface area contributed by atoms with Gasteiger partial charge in [0.05, 0.1) is 0 Å². The highest BCUT2D eigenvalue weighted by Gasteiger charge is 2.26. The van der Waals surface area contributed by atoms with E-state index in [1.807, 2.05) is 0 Å². The highest BCUT2D eigenvalue weighted by atomic mass is 16.5. The monoisotopic (exact) mass is 595 g/mol. The van der Waals surface area contributed by atoms with Crippen molar-refractivity contribution in [3.05, 3.63) is 24.3 Å². The molecule has 0 N–H and O–H groups in total. The van der Waals surface area contributed by atoms with Crippen LogP contribution in [0.1, 0.15) is 181 Å². The lowest BCUT2D eigenvalue weighted by Gasteiger charge is -2.32. The molecule has 0 unspecified atom stereocenters. The molecule has 0 spiro atoms. The Hall–Kier alpha value is -0.560. The van der Waals surface area contributed by atoms with E-state index in [0.717, 1.165) is 60.6 Å². The summed E-state index contributed by atoms with van der Waals surface area (Å²) in [6, 6.07) is 0. The number of ether oxygens (including phenoxy) is 1. The molecule has 0 aromatic heterocycles. The molecule has 0 heterocycles. The average Bonchev–Trinajstić information content (AvgIpc) is 3.05. The molecule has 0 radical (unpaired) electrons. The van der Waals surface area contributed by atoms with Gasteiger partial charge in [-0.3, -0.25) is 0 Å². The molecule has 4 rings (SSSR count). The van der Waals surface area contributed by atoms with Crippen LogP contribution in [-0.4, -0.2) is 13.2 Å². The van der Waals surface area contributed by atoms with Gasteiger partial charge in [0.15, 0.2) is 0 Å². The highest BCUT2D eigenvalue weighted by molar-refractivity contribution is 4.92. The summed E-state index contributed by atoms with van der Waals surface area (Å²) in [6.45, 7) is 6.62. The Labute approximate surface area is 269 Å².